The smallest absolute Gasteiger partial charge is 0.310 e. The molecule has 7 nitrogen and oxygen atoms in total. The molecule has 3 aromatic rings. The van der Waals surface area contributed by atoms with Gasteiger partial charge < -0.3 is 5.32 Å². The second-order valence-corrected chi connectivity index (χ2v) is 6.68. The van der Waals surface area contributed by atoms with Crippen molar-refractivity contribution in [1.29, 1.82) is 0 Å². The van der Waals surface area contributed by atoms with Crippen molar-refractivity contribution in [3.05, 3.63) is 58.9 Å². The van der Waals surface area contributed by atoms with Crippen molar-refractivity contribution in [2.45, 2.75) is 19.8 Å². The summed E-state index contributed by atoms with van der Waals surface area (Å²) in [4.78, 5) is 42.0. The van der Waals surface area contributed by atoms with Crippen LogP contribution in [0.4, 0.5) is 5.82 Å². The normalized spacial score (nSPS) is 13.4. The van der Waals surface area contributed by atoms with Crippen molar-refractivity contribution < 1.29 is 9.59 Å². The standard InChI is InChI=1S/C20H16N4O3/c1-11-6-17(20(26)24-27)21-10-16(11)14-5-4-13-8-18(22-9-15(13)7-14)23-19(25)12-2-3-12/h4-10,12H,2-3H2,1H3,(H,22,23,25). The van der Waals surface area contributed by atoms with E-state index in [1.165, 1.54) is 0 Å². The predicted molar refractivity (Wildman–Crippen MR) is 101 cm³/mol. The lowest BCUT2D eigenvalue weighted by Gasteiger charge is -2.09. The van der Waals surface area contributed by atoms with Crippen LogP contribution in [-0.2, 0) is 4.79 Å². The highest BCUT2D eigenvalue weighted by atomic mass is 16.3. The third-order valence-corrected chi connectivity index (χ3v) is 4.64. The number of nitrogens with zero attached hydrogens (tertiary/aromatic N) is 3. The molecule has 0 unspecified atom stereocenters. The van der Waals surface area contributed by atoms with Gasteiger partial charge in [-0.1, -0.05) is 12.1 Å². The Morgan fingerprint density at radius 2 is 1.89 bits per heavy atom. The second-order valence-electron chi connectivity index (χ2n) is 6.68. The molecule has 0 spiro atoms. The fourth-order valence-electron chi connectivity index (χ4n) is 2.97. The monoisotopic (exact) mass is 360 g/mol. The topological polar surface area (TPSA) is 101 Å². The number of anilines is 1. The molecule has 0 atom stereocenters. The number of carbonyl (C=O) groups is 2. The van der Waals surface area contributed by atoms with E-state index >= 15 is 0 Å². The molecule has 0 aliphatic heterocycles. The lowest BCUT2D eigenvalue weighted by Crippen LogP contribution is -2.14. The van der Waals surface area contributed by atoms with Crippen LogP contribution in [0.2, 0.25) is 0 Å². The second kappa shape index (κ2) is 6.68. The van der Waals surface area contributed by atoms with Gasteiger partial charge in [0.15, 0.2) is 0 Å². The van der Waals surface area contributed by atoms with Gasteiger partial charge in [0.1, 0.15) is 11.5 Å². The minimum absolute atomic E-state index is 0.0274. The van der Waals surface area contributed by atoms with E-state index in [1.54, 1.807) is 18.5 Å². The van der Waals surface area contributed by atoms with Crippen LogP contribution in [-0.4, -0.2) is 21.8 Å². The minimum Gasteiger partial charge on any atom is -0.310 e. The Balaban J connectivity index is 1.64. The van der Waals surface area contributed by atoms with Gasteiger partial charge in [0, 0.05) is 34.4 Å². The SMILES string of the molecule is Cc1cc(C(=O)N=O)ncc1-c1ccc2cc(NC(=O)C3CC3)ncc2c1. The van der Waals surface area contributed by atoms with Crippen molar-refractivity contribution in [3.63, 3.8) is 0 Å². The van der Waals surface area contributed by atoms with E-state index in [0.29, 0.717) is 5.82 Å². The highest BCUT2D eigenvalue weighted by Gasteiger charge is 2.29. The van der Waals surface area contributed by atoms with Crippen molar-refractivity contribution in [3.8, 4) is 11.1 Å². The third kappa shape index (κ3) is 3.44. The van der Waals surface area contributed by atoms with E-state index in [-0.39, 0.29) is 17.5 Å². The Labute approximate surface area is 154 Å². The van der Waals surface area contributed by atoms with Gasteiger partial charge in [0.25, 0.3) is 0 Å². The average molecular weight is 360 g/mol. The first kappa shape index (κ1) is 17.0. The first-order valence-electron chi connectivity index (χ1n) is 8.60. The summed E-state index contributed by atoms with van der Waals surface area (Å²) < 4.78 is 0. The zero-order valence-electron chi connectivity index (χ0n) is 14.6. The Bertz CT molecular complexity index is 1090. The fourth-order valence-corrected chi connectivity index (χ4v) is 2.97. The molecule has 1 N–H and O–H groups in total. The summed E-state index contributed by atoms with van der Waals surface area (Å²) in [6, 6.07) is 9.27. The molecule has 27 heavy (non-hydrogen) atoms. The van der Waals surface area contributed by atoms with Crippen LogP contribution in [0, 0.1) is 17.7 Å². The highest BCUT2D eigenvalue weighted by molar-refractivity contribution is 5.96. The van der Waals surface area contributed by atoms with E-state index < -0.39 is 5.91 Å². The number of nitroso groups, excluding NO2 is 1. The number of amides is 2. The van der Waals surface area contributed by atoms with Gasteiger partial charge >= 0.3 is 5.91 Å². The van der Waals surface area contributed by atoms with Crippen LogP contribution >= 0.6 is 0 Å². The molecule has 4 rings (SSSR count). The zero-order valence-corrected chi connectivity index (χ0v) is 14.6. The number of fused-ring (bicyclic) bond motifs is 1. The summed E-state index contributed by atoms with van der Waals surface area (Å²) >= 11 is 0. The Morgan fingerprint density at radius 1 is 1.07 bits per heavy atom. The van der Waals surface area contributed by atoms with Gasteiger partial charge in [-0.2, -0.15) is 0 Å². The summed E-state index contributed by atoms with van der Waals surface area (Å²) in [5, 5.41) is 7.13. The molecule has 7 heteroatoms. The Hall–Kier alpha value is -3.48. The first-order chi connectivity index (χ1) is 13.0. The van der Waals surface area contributed by atoms with Gasteiger partial charge in [0.2, 0.25) is 5.91 Å². The van der Waals surface area contributed by atoms with Crippen molar-refractivity contribution in [1.82, 2.24) is 9.97 Å². The summed E-state index contributed by atoms with van der Waals surface area (Å²) in [7, 11) is 0. The number of rotatable bonds is 4. The molecular formula is C20H16N4O3. The minimum atomic E-state index is -0.881. The maximum absolute atomic E-state index is 11.9. The summed E-state index contributed by atoms with van der Waals surface area (Å²) in [6.07, 6.45) is 5.18. The highest BCUT2D eigenvalue weighted by Crippen LogP contribution is 2.31. The summed E-state index contributed by atoms with van der Waals surface area (Å²) in [5.41, 5.74) is 2.62. The average Bonchev–Trinajstić information content (AvgIpc) is 3.52. The van der Waals surface area contributed by atoms with Crippen molar-refractivity contribution >= 4 is 28.4 Å². The van der Waals surface area contributed by atoms with Gasteiger partial charge in [0.05, 0.1) is 0 Å². The molecule has 1 aromatic carbocycles. The number of hydrogen-bond acceptors (Lipinski definition) is 5. The number of nitrogens with one attached hydrogen (secondary N) is 1. The fraction of sp³-hybridized carbons (Fsp3) is 0.200. The quantitative estimate of drug-likeness (QED) is 0.712. The maximum atomic E-state index is 11.9. The zero-order chi connectivity index (χ0) is 19.0. The molecule has 1 fully saturated rings. The van der Waals surface area contributed by atoms with Crippen LogP contribution in [0.15, 0.2) is 47.9 Å². The van der Waals surface area contributed by atoms with Gasteiger partial charge in [-0.15, -0.1) is 4.91 Å². The molecule has 134 valence electrons. The lowest BCUT2D eigenvalue weighted by atomic mass is 9.99. The van der Waals surface area contributed by atoms with Crippen LogP contribution in [0.3, 0.4) is 0 Å². The van der Waals surface area contributed by atoms with E-state index in [0.717, 1.165) is 40.3 Å². The van der Waals surface area contributed by atoms with Crippen molar-refractivity contribution in [2.75, 3.05) is 5.32 Å². The number of aromatic nitrogens is 2. The van der Waals surface area contributed by atoms with Crippen molar-refractivity contribution in [2.24, 2.45) is 11.1 Å². The molecule has 1 saturated carbocycles. The van der Waals surface area contributed by atoms with E-state index in [4.69, 9.17) is 0 Å². The molecule has 1 aliphatic rings. The molecular weight excluding hydrogens is 344 g/mol. The molecule has 2 heterocycles. The summed E-state index contributed by atoms with van der Waals surface area (Å²) in [6.45, 7) is 1.84. The number of pyridine rings is 2. The van der Waals surface area contributed by atoms with Crippen LogP contribution in [0.5, 0.6) is 0 Å². The molecule has 2 aromatic heterocycles. The van der Waals surface area contributed by atoms with Gasteiger partial charge in [-0.05, 0) is 54.5 Å². The number of carbonyl (C=O) groups excluding carboxylic acids is 2. The number of aryl methyl sites for hydroxylation is 1. The molecule has 2 amide bonds. The Kier molecular flexibility index (Phi) is 4.19. The molecule has 0 radical (unpaired) electrons. The van der Waals surface area contributed by atoms with E-state index in [1.807, 2.05) is 31.2 Å². The molecule has 0 bridgehead atoms. The lowest BCUT2D eigenvalue weighted by molar-refractivity contribution is -0.117. The summed E-state index contributed by atoms with van der Waals surface area (Å²) in [5.74, 6) is -0.174. The molecule has 1 aliphatic carbocycles. The Morgan fingerprint density at radius 3 is 2.59 bits per heavy atom. The predicted octanol–water partition coefficient (Wildman–Crippen LogP) is 3.86. The number of hydrogen-bond donors (Lipinski definition) is 1. The largest absolute Gasteiger partial charge is 0.334 e. The third-order valence-electron chi connectivity index (χ3n) is 4.64. The maximum Gasteiger partial charge on any atom is 0.334 e. The van der Waals surface area contributed by atoms with Crippen LogP contribution in [0.1, 0.15) is 28.9 Å². The first-order valence-corrected chi connectivity index (χ1v) is 8.60. The van der Waals surface area contributed by atoms with E-state index in [2.05, 4.69) is 20.5 Å². The van der Waals surface area contributed by atoms with Gasteiger partial charge in [-0.3, -0.25) is 14.6 Å². The van der Waals surface area contributed by atoms with E-state index in [9.17, 15) is 14.5 Å². The van der Waals surface area contributed by atoms with Gasteiger partial charge in [-0.25, -0.2) is 4.98 Å². The van der Waals surface area contributed by atoms with Crippen LogP contribution in [0.25, 0.3) is 21.9 Å². The van der Waals surface area contributed by atoms with Crippen LogP contribution < -0.4 is 5.32 Å². The molecule has 0 saturated heterocycles. The number of benzene rings is 1.